The van der Waals surface area contributed by atoms with Crippen molar-refractivity contribution in [3.8, 4) is 0 Å². The summed E-state index contributed by atoms with van der Waals surface area (Å²) in [6.07, 6.45) is 1.15. The second-order valence-electron chi connectivity index (χ2n) is 6.28. The van der Waals surface area contributed by atoms with Crippen LogP contribution >= 0.6 is 0 Å². The van der Waals surface area contributed by atoms with Crippen LogP contribution in [0.1, 0.15) is 50.9 Å². The second kappa shape index (κ2) is 10.5. The van der Waals surface area contributed by atoms with E-state index in [1.807, 2.05) is 0 Å². The van der Waals surface area contributed by atoms with Crippen molar-refractivity contribution in [3.63, 3.8) is 0 Å². The third kappa shape index (κ3) is 7.83. The van der Waals surface area contributed by atoms with E-state index in [0.29, 0.717) is 36.9 Å². The van der Waals surface area contributed by atoms with Crippen molar-refractivity contribution in [2.75, 3.05) is 25.0 Å². The van der Waals surface area contributed by atoms with Crippen molar-refractivity contribution in [3.05, 3.63) is 29.8 Å². The SMILES string of the molecule is CCOC(=O)c1ccc(NC(=O)CCN(CCC(C)C)C(C)=O)cc1. The summed E-state index contributed by atoms with van der Waals surface area (Å²) >= 11 is 0. The molecule has 0 atom stereocenters. The largest absolute Gasteiger partial charge is 0.462 e. The van der Waals surface area contributed by atoms with Gasteiger partial charge in [0.05, 0.1) is 12.2 Å². The van der Waals surface area contributed by atoms with E-state index in [2.05, 4.69) is 19.2 Å². The Labute approximate surface area is 149 Å². The maximum Gasteiger partial charge on any atom is 0.338 e. The van der Waals surface area contributed by atoms with Crippen LogP contribution in [0.3, 0.4) is 0 Å². The van der Waals surface area contributed by atoms with Crippen molar-refractivity contribution < 1.29 is 19.1 Å². The third-order valence-electron chi connectivity index (χ3n) is 3.71. The summed E-state index contributed by atoms with van der Waals surface area (Å²) in [4.78, 5) is 37.0. The number of nitrogens with one attached hydrogen (secondary N) is 1. The molecule has 0 spiro atoms. The van der Waals surface area contributed by atoms with Gasteiger partial charge in [-0.3, -0.25) is 9.59 Å². The maximum absolute atomic E-state index is 12.1. The van der Waals surface area contributed by atoms with Gasteiger partial charge in [0.25, 0.3) is 0 Å². The number of hydrogen-bond acceptors (Lipinski definition) is 4. The lowest BCUT2D eigenvalue weighted by Crippen LogP contribution is -2.33. The molecule has 138 valence electrons. The van der Waals surface area contributed by atoms with Gasteiger partial charge in [0.2, 0.25) is 11.8 Å². The first kappa shape index (κ1) is 20.7. The molecule has 0 bridgehead atoms. The molecule has 2 amide bonds. The highest BCUT2D eigenvalue weighted by Crippen LogP contribution is 2.11. The molecule has 1 aromatic rings. The Bertz CT molecular complexity index is 582. The van der Waals surface area contributed by atoms with Crippen LogP contribution in [0.25, 0.3) is 0 Å². The van der Waals surface area contributed by atoms with E-state index >= 15 is 0 Å². The molecule has 0 saturated heterocycles. The number of benzene rings is 1. The molecule has 0 aliphatic rings. The molecule has 0 radical (unpaired) electrons. The quantitative estimate of drug-likeness (QED) is 0.696. The van der Waals surface area contributed by atoms with Crippen LogP contribution in [0.2, 0.25) is 0 Å². The molecular formula is C19H28N2O4. The Morgan fingerprint density at radius 2 is 1.76 bits per heavy atom. The molecule has 0 aliphatic carbocycles. The van der Waals surface area contributed by atoms with E-state index in [4.69, 9.17) is 4.74 Å². The third-order valence-corrected chi connectivity index (χ3v) is 3.71. The first-order chi connectivity index (χ1) is 11.8. The maximum atomic E-state index is 12.1. The molecule has 0 heterocycles. The number of nitrogens with zero attached hydrogens (tertiary/aromatic N) is 1. The molecule has 25 heavy (non-hydrogen) atoms. The van der Waals surface area contributed by atoms with Gasteiger partial charge in [0.15, 0.2) is 0 Å². The fourth-order valence-electron chi connectivity index (χ4n) is 2.20. The molecule has 0 aliphatic heterocycles. The van der Waals surface area contributed by atoms with Gasteiger partial charge in [-0.1, -0.05) is 13.8 Å². The molecule has 0 saturated carbocycles. The van der Waals surface area contributed by atoms with Gasteiger partial charge in [-0.2, -0.15) is 0 Å². The van der Waals surface area contributed by atoms with Gasteiger partial charge < -0.3 is 15.0 Å². The van der Waals surface area contributed by atoms with Crippen molar-refractivity contribution in [1.82, 2.24) is 4.90 Å². The molecule has 6 heteroatoms. The van der Waals surface area contributed by atoms with Gasteiger partial charge >= 0.3 is 5.97 Å². The monoisotopic (exact) mass is 348 g/mol. The summed E-state index contributed by atoms with van der Waals surface area (Å²) in [6.45, 7) is 8.85. The van der Waals surface area contributed by atoms with Crippen molar-refractivity contribution in [2.24, 2.45) is 5.92 Å². The van der Waals surface area contributed by atoms with E-state index in [1.165, 1.54) is 6.92 Å². The molecule has 0 aromatic heterocycles. The van der Waals surface area contributed by atoms with Gasteiger partial charge in [-0.25, -0.2) is 4.79 Å². The smallest absolute Gasteiger partial charge is 0.338 e. The average molecular weight is 348 g/mol. The van der Waals surface area contributed by atoms with Crippen LogP contribution in [0.5, 0.6) is 0 Å². The number of rotatable bonds is 9. The number of carbonyl (C=O) groups excluding carboxylic acids is 3. The van der Waals surface area contributed by atoms with E-state index in [9.17, 15) is 14.4 Å². The van der Waals surface area contributed by atoms with Crippen LogP contribution in [0, 0.1) is 5.92 Å². The zero-order chi connectivity index (χ0) is 18.8. The number of esters is 1. The van der Waals surface area contributed by atoms with E-state index in [0.717, 1.165) is 6.42 Å². The summed E-state index contributed by atoms with van der Waals surface area (Å²) in [5.74, 6) is -0.0665. The van der Waals surface area contributed by atoms with Crippen LogP contribution in [0.4, 0.5) is 5.69 Å². The lowest BCUT2D eigenvalue weighted by molar-refractivity contribution is -0.129. The molecule has 1 aromatic carbocycles. The zero-order valence-electron chi connectivity index (χ0n) is 15.5. The summed E-state index contributed by atoms with van der Waals surface area (Å²) in [6, 6.07) is 6.54. The van der Waals surface area contributed by atoms with E-state index in [-0.39, 0.29) is 24.2 Å². The second-order valence-corrected chi connectivity index (χ2v) is 6.28. The minimum Gasteiger partial charge on any atom is -0.462 e. The molecule has 1 rings (SSSR count). The van der Waals surface area contributed by atoms with Crippen LogP contribution in [0.15, 0.2) is 24.3 Å². The van der Waals surface area contributed by atoms with Crippen LogP contribution < -0.4 is 5.32 Å². The van der Waals surface area contributed by atoms with Crippen molar-refractivity contribution >= 4 is 23.5 Å². The minimum absolute atomic E-state index is 0.0211. The topological polar surface area (TPSA) is 75.7 Å². The summed E-state index contributed by atoms with van der Waals surface area (Å²) in [7, 11) is 0. The highest BCUT2D eigenvalue weighted by molar-refractivity contribution is 5.93. The lowest BCUT2D eigenvalue weighted by atomic mass is 10.1. The minimum atomic E-state index is -0.386. The van der Waals surface area contributed by atoms with Gasteiger partial charge in [0, 0.05) is 32.1 Å². The van der Waals surface area contributed by atoms with Gasteiger partial charge in [-0.05, 0) is 43.5 Å². The number of hydrogen-bond donors (Lipinski definition) is 1. The lowest BCUT2D eigenvalue weighted by Gasteiger charge is -2.21. The first-order valence-electron chi connectivity index (χ1n) is 8.66. The standard InChI is InChI=1S/C19H28N2O4/c1-5-25-19(24)16-6-8-17(9-7-16)20-18(23)11-13-21(15(4)22)12-10-14(2)3/h6-9,14H,5,10-13H2,1-4H3,(H,20,23). The Hall–Kier alpha value is -2.37. The molecule has 6 nitrogen and oxygen atoms in total. The Morgan fingerprint density at radius 1 is 1.12 bits per heavy atom. The number of amides is 2. The predicted octanol–water partition coefficient (Wildman–Crippen LogP) is 3.09. The zero-order valence-corrected chi connectivity index (χ0v) is 15.5. The Balaban J connectivity index is 2.50. The van der Waals surface area contributed by atoms with Crippen LogP contribution in [-0.4, -0.2) is 42.4 Å². The molecular weight excluding hydrogens is 320 g/mol. The highest BCUT2D eigenvalue weighted by atomic mass is 16.5. The van der Waals surface area contributed by atoms with Crippen molar-refractivity contribution in [1.29, 1.82) is 0 Å². The molecule has 0 fully saturated rings. The molecule has 0 unspecified atom stereocenters. The van der Waals surface area contributed by atoms with Crippen LogP contribution in [-0.2, 0) is 14.3 Å². The van der Waals surface area contributed by atoms with Gasteiger partial charge in [-0.15, -0.1) is 0 Å². The van der Waals surface area contributed by atoms with E-state index < -0.39 is 0 Å². The molecule has 1 N–H and O–H groups in total. The fraction of sp³-hybridized carbons (Fsp3) is 0.526. The summed E-state index contributed by atoms with van der Waals surface area (Å²) < 4.78 is 4.91. The summed E-state index contributed by atoms with van der Waals surface area (Å²) in [5.41, 5.74) is 1.05. The number of carbonyl (C=O) groups is 3. The summed E-state index contributed by atoms with van der Waals surface area (Å²) in [5, 5.41) is 2.77. The number of ether oxygens (including phenoxy) is 1. The average Bonchev–Trinajstić information content (AvgIpc) is 2.55. The predicted molar refractivity (Wildman–Crippen MR) is 97.4 cm³/mol. The fourth-order valence-corrected chi connectivity index (χ4v) is 2.20. The van der Waals surface area contributed by atoms with Crippen molar-refractivity contribution in [2.45, 2.75) is 40.5 Å². The normalized spacial score (nSPS) is 10.4. The van der Waals surface area contributed by atoms with E-state index in [1.54, 1.807) is 36.1 Å². The van der Waals surface area contributed by atoms with Gasteiger partial charge in [0.1, 0.15) is 0 Å². The highest BCUT2D eigenvalue weighted by Gasteiger charge is 2.12. The Morgan fingerprint density at radius 3 is 2.28 bits per heavy atom. The Kier molecular flexibility index (Phi) is 8.67. The first-order valence-corrected chi connectivity index (χ1v) is 8.66. The number of anilines is 1.